The van der Waals surface area contributed by atoms with Crippen LogP contribution in [0, 0.1) is 6.92 Å². The van der Waals surface area contributed by atoms with Crippen molar-refractivity contribution in [3.8, 4) is 11.6 Å². The molecule has 0 amide bonds. The molecule has 0 aliphatic carbocycles. The summed E-state index contributed by atoms with van der Waals surface area (Å²) in [5.41, 5.74) is 3.37. The van der Waals surface area contributed by atoms with Crippen LogP contribution in [-0.2, 0) is 0 Å². The number of carbonyl (C=O) groups is 1. The number of hydrogen-bond acceptors (Lipinski definition) is 3. The third-order valence-corrected chi connectivity index (χ3v) is 4.32. The molecule has 0 atom stereocenters. The average molecular weight is 399 g/mol. The zero-order chi connectivity index (χ0) is 18.0. The molecule has 0 bridgehead atoms. The van der Waals surface area contributed by atoms with Gasteiger partial charge in [0.15, 0.2) is 0 Å². The minimum Gasteiger partial charge on any atom is -0.404 e. The van der Waals surface area contributed by atoms with Crippen LogP contribution in [0.25, 0.3) is 5.69 Å². The SMILES string of the molecule is Cc1ccc(-n2nc(C(C)C)cc2OC(=O)c2cccc(Br)c2)cc1. The van der Waals surface area contributed by atoms with E-state index in [0.717, 1.165) is 21.4 Å². The normalized spacial score (nSPS) is 10.9. The fourth-order valence-electron chi connectivity index (χ4n) is 2.38. The van der Waals surface area contributed by atoms with Crippen LogP contribution in [0.2, 0.25) is 0 Å². The number of aryl methyl sites for hydroxylation is 1. The standard InChI is InChI=1S/C20H19BrN2O2/c1-13(2)18-12-19(23(22-18)17-9-7-14(3)8-10-17)25-20(24)15-5-4-6-16(21)11-15/h4-13H,1-3H3. The molecule has 0 saturated carbocycles. The molecule has 5 heteroatoms. The van der Waals surface area contributed by atoms with Gasteiger partial charge < -0.3 is 4.74 Å². The first-order chi connectivity index (χ1) is 11.9. The Bertz CT molecular complexity index is 898. The quantitative estimate of drug-likeness (QED) is 0.561. The highest BCUT2D eigenvalue weighted by Crippen LogP contribution is 2.25. The van der Waals surface area contributed by atoms with Crippen molar-refractivity contribution < 1.29 is 9.53 Å². The third-order valence-electron chi connectivity index (χ3n) is 3.82. The second-order valence-electron chi connectivity index (χ2n) is 6.21. The van der Waals surface area contributed by atoms with E-state index in [0.29, 0.717) is 11.4 Å². The van der Waals surface area contributed by atoms with Gasteiger partial charge in [0, 0.05) is 10.5 Å². The number of rotatable bonds is 4. The van der Waals surface area contributed by atoms with Crippen LogP contribution < -0.4 is 4.74 Å². The monoisotopic (exact) mass is 398 g/mol. The molecule has 128 valence electrons. The summed E-state index contributed by atoms with van der Waals surface area (Å²) >= 11 is 3.37. The number of carbonyl (C=O) groups excluding carboxylic acids is 1. The highest BCUT2D eigenvalue weighted by molar-refractivity contribution is 9.10. The van der Waals surface area contributed by atoms with Gasteiger partial charge in [0.1, 0.15) is 0 Å². The first-order valence-corrected chi connectivity index (χ1v) is 8.88. The van der Waals surface area contributed by atoms with Crippen LogP contribution in [-0.4, -0.2) is 15.7 Å². The summed E-state index contributed by atoms with van der Waals surface area (Å²) in [7, 11) is 0. The van der Waals surface area contributed by atoms with Crippen molar-refractivity contribution in [3.05, 3.63) is 75.9 Å². The highest BCUT2D eigenvalue weighted by Gasteiger charge is 2.17. The number of aromatic nitrogens is 2. The molecule has 2 aromatic carbocycles. The average Bonchev–Trinajstić information content (AvgIpc) is 2.99. The predicted octanol–water partition coefficient (Wildman–Crippen LogP) is 5.29. The molecule has 3 rings (SSSR count). The van der Waals surface area contributed by atoms with Crippen molar-refractivity contribution in [2.24, 2.45) is 0 Å². The van der Waals surface area contributed by atoms with E-state index in [1.165, 1.54) is 0 Å². The molecule has 0 fully saturated rings. The minimum atomic E-state index is -0.412. The van der Waals surface area contributed by atoms with Crippen LogP contribution in [0.1, 0.15) is 41.4 Å². The van der Waals surface area contributed by atoms with Gasteiger partial charge in [-0.15, -0.1) is 0 Å². The fraction of sp³-hybridized carbons (Fsp3) is 0.200. The van der Waals surface area contributed by atoms with Gasteiger partial charge in [-0.3, -0.25) is 0 Å². The maximum Gasteiger partial charge on any atom is 0.344 e. The van der Waals surface area contributed by atoms with Crippen LogP contribution in [0.15, 0.2) is 59.1 Å². The van der Waals surface area contributed by atoms with E-state index in [9.17, 15) is 4.79 Å². The molecular weight excluding hydrogens is 380 g/mol. The summed E-state index contributed by atoms with van der Waals surface area (Å²) in [5, 5.41) is 4.60. The number of nitrogens with zero attached hydrogens (tertiary/aromatic N) is 2. The molecule has 0 radical (unpaired) electrons. The number of esters is 1. The maximum absolute atomic E-state index is 12.5. The van der Waals surface area contributed by atoms with Gasteiger partial charge in [0.25, 0.3) is 0 Å². The molecule has 0 aliphatic heterocycles. The summed E-state index contributed by atoms with van der Waals surface area (Å²) in [6.45, 7) is 6.14. The summed E-state index contributed by atoms with van der Waals surface area (Å²) < 4.78 is 8.14. The largest absolute Gasteiger partial charge is 0.404 e. The molecule has 1 heterocycles. The Hall–Kier alpha value is -2.40. The lowest BCUT2D eigenvalue weighted by atomic mass is 10.1. The lowest BCUT2D eigenvalue weighted by molar-refractivity contribution is 0.0723. The van der Waals surface area contributed by atoms with E-state index in [-0.39, 0.29) is 5.92 Å². The number of halogens is 1. The molecule has 0 aliphatic rings. The van der Waals surface area contributed by atoms with E-state index in [4.69, 9.17) is 4.74 Å². The molecule has 3 aromatic rings. The van der Waals surface area contributed by atoms with Gasteiger partial charge in [-0.25, -0.2) is 9.48 Å². The summed E-state index contributed by atoms with van der Waals surface area (Å²) in [5.74, 6) is 0.234. The number of ether oxygens (including phenoxy) is 1. The highest BCUT2D eigenvalue weighted by atomic mass is 79.9. The summed E-state index contributed by atoms with van der Waals surface area (Å²) in [4.78, 5) is 12.5. The molecule has 0 N–H and O–H groups in total. The van der Waals surface area contributed by atoms with Crippen molar-refractivity contribution in [2.75, 3.05) is 0 Å². The van der Waals surface area contributed by atoms with Gasteiger partial charge in [-0.1, -0.05) is 53.5 Å². The van der Waals surface area contributed by atoms with Gasteiger partial charge in [0.2, 0.25) is 5.88 Å². The van der Waals surface area contributed by atoms with E-state index in [1.807, 2.05) is 43.3 Å². The summed E-state index contributed by atoms with van der Waals surface area (Å²) in [6, 6.07) is 16.9. The van der Waals surface area contributed by atoms with Crippen LogP contribution >= 0.6 is 15.9 Å². The van der Waals surface area contributed by atoms with E-state index in [1.54, 1.807) is 22.9 Å². The van der Waals surface area contributed by atoms with Gasteiger partial charge in [-0.05, 0) is 43.2 Å². The zero-order valence-corrected chi connectivity index (χ0v) is 15.9. The van der Waals surface area contributed by atoms with Crippen molar-refractivity contribution in [1.29, 1.82) is 0 Å². The van der Waals surface area contributed by atoms with Crippen molar-refractivity contribution in [1.82, 2.24) is 9.78 Å². The molecule has 0 spiro atoms. The van der Waals surface area contributed by atoms with Crippen molar-refractivity contribution in [2.45, 2.75) is 26.7 Å². The lowest BCUT2D eigenvalue weighted by Crippen LogP contribution is -2.11. The maximum atomic E-state index is 12.5. The molecule has 0 saturated heterocycles. The Labute approximate surface area is 155 Å². The minimum absolute atomic E-state index is 0.232. The van der Waals surface area contributed by atoms with Gasteiger partial charge in [0.05, 0.1) is 16.9 Å². The fourth-order valence-corrected chi connectivity index (χ4v) is 2.78. The Morgan fingerprint density at radius 1 is 1.12 bits per heavy atom. The van der Waals surface area contributed by atoms with Crippen molar-refractivity contribution in [3.63, 3.8) is 0 Å². The Balaban J connectivity index is 1.97. The number of benzene rings is 2. The third kappa shape index (κ3) is 3.99. The Morgan fingerprint density at radius 2 is 1.84 bits per heavy atom. The zero-order valence-electron chi connectivity index (χ0n) is 14.4. The summed E-state index contributed by atoms with van der Waals surface area (Å²) in [6.07, 6.45) is 0. The smallest absolute Gasteiger partial charge is 0.344 e. The van der Waals surface area contributed by atoms with Crippen LogP contribution in [0.5, 0.6) is 5.88 Å². The second kappa shape index (κ2) is 7.23. The molecule has 0 unspecified atom stereocenters. The second-order valence-corrected chi connectivity index (χ2v) is 7.13. The van der Waals surface area contributed by atoms with Gasteiger partial charge in [-0.2, -0.15) is 5.10 Å². The van der Waals surface area contributed by atoms with Crippen LogP contribution in [0.3, 0.4) is 0 Å². The van der Waals surface area contributed by atoms with Crippen molar-refractivity contribution >= 4 is 21.9 Å². The predicted molar refractivity (Wildman–Crippen MR) is 101 cm³/mol. The first kappa shape index (κ1) is 17.4. The van der Waals surface area contributed by atoms with E-state index in [2.05, 4.69) is 34.9 Å². The Kier molecular flexibility index (Phi) is 5.04. The molecule has 4 nitrogen and oxygen atoms in total. The topological polar surface area (TPSA) is 44.1 Å². The lowest BCUT2D eigenvalue weighted by Gasteiger charge is -2.08. The van der Waals surface area contributed by atoms with Crippen LogP contribution in [0.4, 0.5) is 0 Å². The molecule has 25 heavy (non-hydrogen) atoms. The molecule has 1 aromatic heterocycles. The number of hydrogen-bond donors (Lipinski definition) is 0. The van der Waals surface area contributed by atoms with Gasteiger partial charge >= 0.3 is 5.97 Å². The first-order valence-electron chi connectivity index (χ1n) is 8.09. The Morgan fingerprint density at radius 3 is 2.48 bits per heavy atom. The molecular formula is C20H19BrN2O2. The van der Waals surface area contributed by atoms with E-state index < -0.39 is 5.97 Å². The van der Waals surface area contributed by atoms with E-state index >= 15 is 0 Å².